The summed E-state index contributed by atoms with van der Waals surface area (Å²) in [6.45, 7) is 4.63. The van der Waals surface area contributed by atoms with Gasteiger partial charge in [-0.25, -0.2) is 0 Å². The van der Waals surface area contributed by atoms with Gasteiger partial charge in [0, 0.05) is 12.1 Å². The molecular weight excluding hydrogens is 244 g/mol. The van der Waals surface area contributed by atoms with E-state index in [0.29, 0.717) is 6.04 Å². The van der Waals surface area contributed by atoms with Crippen molar-refractivity contribution >= 4 is 0 Å². The van der Waals surface area contributed by atoms with Crippen LogP contribution in [0.5, 0.6) is 0 Å². The van der Waals surface area contributed by atoms with Crippen molar-refractivity contribution in [2.24, 2.45) is 17.8 Å². The molecule has 2 heteroatoms. The van der Waals surface area contributed by atoms with E-state index in [9.17, 15) is 5.26 Å². The fourth-order valence-electron chi connectivity index (χ4n) is 4.43. The Labute approximate surface area is 125 Å². The fourth-order valence-corrected chi connectivity index (χ4v) is 4.43. The van der Waals surface area contributed by atoms with E-state index in [1.54, 1.807) is 0 Å². The van der Waals surface area contributed by atoms with Crippen molar-refractivity contribution in [1.29, 1.82) is 5.26 Å². The molecule has 0 N–H and O–H groups in total. The van der Waals surface area contributed by atoms with Gasteiger partial charge >= 0.3 is 0 Å². The first-order valence-corrected chi connectivity index (χ1v) is 8.81. The molecule has 0 aromatic carbocycles. The zero-order valence-electron chi connectivity index (χ0n) is 13.6. The Kier molecular flexibility index (Phi) is 5.90. The highest BCUT2D eigenvalue weighted by Gasteiger charge is 2.36. The Morgan fingerprint density at radius 2 is 1.55 bits per heavy atom. The highest BCUT2D eigenvalue weighted by atomic mass is 15.2. The maximum atomic E-state index is 9.47. The molecule has 2 fully saturated rings. The predicted molar refractivity (Wildman–Crippen MR) is 84.3 cm³/mol. The summed E-state index contributed by atoms with van der Waals surface area (Å²) >= 11 is 0. The number of nitriles is 1. The third-order valence-electron chi connectivity index (χ3n) is 6.16. The van der Waals surface area contributed by atoms with E-state index in [4.69, 9.17) is 0 Å². The Morgan fingerprint density at radius 1 is 0.950 bits per heavy atom. The molecule has 0 aromatic rings. The van der Waals surface area contributed by atoms with Gasteiger partial charge in [0.25, 0.3) is 0 Å². The Hall–Kier alpha value is -0.550. The topological polar surface area (TPSA) is 27.0 Å². The van der Waals surface area contributed by atoms with Crippen LogP contribution in [0.1, 0.15) is 71.6 Å². The van der Waals surface area contributed by atoms with E-state index in [0.717, 1.165) is 24.3 Å². The van der Waals surface area contributed by atoms with Crippen molar-refractivity contribution < 1.29 is 0 Å². The van der Waals surface area contributed by atoms with Crippen LogP contribution in [-0.4, -0.2) is 24.0 Å². The zero-order valence-corrected chi connectivity index (χ0v) is 13.6. The smallest absolute Gasteiger partial charge is 0.0672 e. The van der Waals surface area contributed by atoms with Crippen molar-refractivity contribution in [1.82, 2.24) is 4.90 Å². The van der Waals surface area contributed by atoms with E-state index in [1.165, 1.54) is 51.4 Å². The van der Waals surface area contributed by atoms with Crippen LogP contribution in [0, 0.1) is 29.1 Å². The molecule has 0 bridgehead atoms. The van der Waals surface area contributed by atoms with Crippen LogP contribution in [-0.2, 0) is 0 Å². The van der Waals surface area contributed by atoms with Gasteiger partial charge in [-0.3, -0.25) is 4.90 Å². The Bertz CT molecular complexity index is 325. The van der Waals surface area contributed by atoms with Crippen LogP contribution in [0.15, 0.2) is 0 Å². The second-order valence-electron chi connectivity index (χ2n) is 7.14. The second kappa shape index (κ2) is 7.46. The van der Waals surface area contributed by atoms with Crippen molar-refractivity contribution in [2.45, 2.75) is 83.7 Å². The van der Waals surface area contributed by atoms with Crippen molar-refractivity contribution in [3.8, 4) is 6.07 Å². The summed E-state index contributed by atoms with van der Waals surface area (Å²) in [6.07, 6.45) is 11.7. The van der Waals surface area contributed by atoms with Crippen LogP contribution in [0.2, 0.25) is 0 Å². The largest absolute Gasteiger partial charge is 0.299 e. The summed E-state index contributed by atoms with van der Waals surface area (Å²) in [5.41, 5.74) is 0. The lowest BCUT2D eigenvalue weighted by atomic mass is 9.75. The second-order valence-corrected chi connectivity index (χ2v) is 7.14. The average molecular weight is 276 g/mol. The molecule has 0 spiro atoms. The van der Waals surface area contributed by atoms with Gasteiger partial charge in [-0.2, -0.15) is 5.26 Å². The predicted octanol–water partition coefficient (Wildman–Crippen LogP) is 4.61. The number of hydrogen-bond donors (Lipinski definition) is 0. The van der Waals surface area contributed by atoms with Crippen LogP contribution in [0.25, 0.3) is 0 Å². The molecule has 2 saturated carbocycles. The Balaban J connectivity index is 1.95. The van der Waals surface area contributed by atoms with Crippen LogP contribution < -0.4 is 0 Å². The maximum absolute atomic E-state index is 9.47. The average Bonchev–Trinajstić information content (AvgIpc) is 2.53. The lowest BCUT2D eigenvalue weighted by molar-refractivity contribution is 0.0607. The third kappa shape index (κ3) is 3.55. The fraction of sp³-hybridized carbons (Fsp3) is 0.944. The molecule has 0 radical (unpaired) electrons. The van der Waals surface area contributed by atoms with Gasteiger partial charge in [-0.1, -0.05) is 26.7 Å². The lowest BCUT2D eigenvalue weighted by Gasteiger charge is -2.44. The summed E-state index contributed by atoms with van der Waals surface area (Å²) in [7, 11) is 2.30. The summed E-state index contributed by atoms with van der Waals surface area (Å²) in [5.74, 6) is 2.08. The van der Waals surface area contributed by atoms with Gasteiger partial charge in [-0.05, 0) is 63.8 Å². The molecule has 0 saturated heterocycles. The van der Waals surface area contributed by atoms with Crippen LogP contribution in [0.4, 0.5) is 0 Å². The lowest BCUT2D eigenvalue weighted by Crippen LogP contribution is -2.48. The van der Waals surface area contributed by atoms with E-state index in [2.05, 4.69) is 31.9 Å². The summed E-state index contributed by atoms with van der Waals surface area (Å²) < 4.78 is 0. The molecule has 2 aliphatic carbocycles. The molecule has 0 heterocycles. The Morgan fingerprint density at radius 3 is 2.10 bits per heavy atom. The molecule has 3 atom stereocenters. The number of hydrogen-bond acceptors (Lipinski definition) is 2. The van der Waals surface area contributed by atoms with Gasteiger partial charge in [-0.15, -0.1) is 0 Å². The number of nitrogens with zero attached hydrogens (tertiary/aromatic N) is 2. The van der Waals surface area contributed by atoms with Crippen molar-refractivity contribution in [3.05, 3.63) is 0 Å². The minimum Gasteiger partial charge on any atom is -0.299 e. The van der Waals surface area contributed by atoms with Gasteiger partial charge in [0.05, 0.1) is 12.0 Å². The molecule has 3 unspecified atom stereocenters. The van der Waals surface area contributed by atoms with E-state index in [-0.39, 0.29) is 5.92 Å². The minimum atomic E-state index is 0.270. The highest BCUT2D eigenvalue weighted by molar-refractivity contribution is 4.98. The van der Waals surface area contributed by atoms with Gasteiger partial charge < -0.3 is 0 Å². The van der Waals surface area contributed by atoms with E-state index in [1.807, 2.05) is 0 Å². The molecule has 20 heavy (non-hydrogen) atoms. The molecule has 0 amide bonds. The highest BCUT2D eigenvalue weighted by Crippen LogP contribution is 2.37. The summed E-state index contributed by atoms with van der Waals surface area (Å²) in [6, 6.07) is 3.84. The SMILES string of the molecule is CCC1CCC(N(C)C2CC(CC)CCC2C#N)CC1. The summed E-state index contributed by atoms with van der Waals surface area (Å²) in [5, 5.41) is 9.47. The first kappa shape index (κ1) is 15.8. The van der Waals surface area contributed by atoms with Crippen molar-refractivity contribution in [2.75, 3.05) is 7.05 Å². The number of rotatable bonds is 4. The van der Waals surface area contributed by atoms with Gasteiger partial charge in [0.1, 0.15) is 0 Å². The minimum absolute atomic E-state index is 0.270. The van der Waals surface area contributed by atoms with E-state index >= 15 is 0 Å². The molecule has 114 valence electrons. The normalized spacial score (nSPS) is 38.6. The summed E-state index contributed by atoms with van der Waals surface area (Å²) in [4.78, 5) is 2.60. The molecule has 2 aliphatic rings. The molecule has 0 aromatic heterocycles. The van der Waals surface area contributed by atoms with Crippen molar-refractivity contribution in [3.63, 3.8) is 0 Å². The van der Waals surface area contributed by atoms with E-state index < -0.39 is 0 Å². The third-order valence-corrected chi connectivity index (χ3v) is 6.16. The molecule has 0 aliphatic heterocycles. The van der Waals surface area contributed by atoms with Crippen LogP contribution in [0.3, 0.4) is 0 Å². The first-order valence-electron chi connectivity index (χ1n) is 8.81. The molecule has 2 rings (SSSR count). The van der Waals surface area contributed by atoms with Gasteiger partial charge in [0.15, 0.2) is 0 Å². The zero-order chi connectivity index (χ0) is 14.5. The van der Waals surface area contributed by atoms with Gasteiger partial charge in [0.2, 0.25) is 0 Å². The maximum Gasteiger partial charge on any atom is 0.0672 e. The standard InChI is InChI=1S/C18H32N2/c1-4-14-7-10-17(11-8-14)20(3)18-12-15(5-2)6-9-16(18)13-19/h14-18H,4-12H2,1-3H3. The molecular formula is C18H32N2. The van der Waals surface area contributed by atoms with Crippen LogP contribution >= 0.6 is 0 Å². The molecule has 2 nitrogen and oxygen atoms in total. The monoisotopic (exact) mass is 276 g/mol. The quantitative estimate of drug-likeness (QED) is 0.750. The first-order chi connectivity index (χ1) is 9.69.